The molecule has 4 heterocycles. The molecule has 0 atom stereocenters. The van der Waals surface area contributed by atoms with Crippen molar-refractivity contribution in [1.82, 2.24) is 29.3 Å². The van der Waals surface area contributed by atoms with Gasteiger partial charge >= 0.3 is 6.18 Å². The summed E-state index contributed by atoms with van der Waals surface area (Å²) in [6.45, 7) is 6.75. The first-order valence-corrected chi connectivity index (χ1v) is 11.3. The van der Waals surface area contributed by atoms with Crippen LogP contribution >= 0.6 is 11.3 Å². The Labute approximate surface area is 192 Å². The quantitative estimate of drug-likeness (QED) is 0.400. The summed E-state index contributed by atoms with van der Waals surface area (Å²) in [4.78, 5) is 20.4. The molecule has 0 saturated heterocycles. The Bertz CT molecular complexity index is 1320. The maximum absolute atomic E-state index is 13.8. The van der Waals surface area contributed by atoms with Crippen molar-refractivity contribution in [3.63, 3.8) is 0 Å². The predicted molar refractivity (Wildman–Crippen MR) is 119 cm³/mol. The number of halogens is 3. The van der Waals surface area contributed by atoms with Crippen molar-refractivity contribution in [2.24, 2.45) is 0 Å². The highest BCUT2D eigenvalue weighted by atomic mass is 32.1. The zero-order chi connectivity index (χ0) is 23.9. The predicted octanol–water partition coefficient (Wildman–Crippen LogP) is 4.84. The molecule has 4 rings (SSSR count). The molecule has 174 valence electrons. The molecule has 0 spiro atoms. The third kappa shape index (κ3) is 4.50. The maximum atomic E-state index is 13.8. The Kier molecular flexibility index (Phi) is 6.00. The second-order valence-corrected chi connectivity index (χ2v) is 8.87. The van der Waals surface area contributed by atoms with E-state index in [1.807, 2.05) is 33.0 Å². The minimum Gasteiger partial charge on any atom is -0.336 e. The van der Waals surface area contributed by atoms with Crippen LogP contribution in [0.2, 0.25) is 0 Å². The molecule has 0 saturated carbocycles. The fourth-order valence-electron chi connectivity index (χ4n) is 3.51. The molecule has 0 N–H and O–H groups in total. The lowest BCUT2D eigenvalue weighted by Crippen LogP contribution is -2.27. The van der Waals surface area contributed by atoms with E-state index >= 15 is 0 Å². The van der Waals surface area contributed by atoms with Crippen LogP contribution in [0.15, 0.2) is 30.5 Å². The van der Waals surface area contributed by atoms with Crippen molar-refractivity contribution >= 4 is 22.9 Å². The van der Waals surface area contributed by atoms with Crippen molar-refractivity contribution in [3.8, 4) is 10.6 Å². The molecule has 0 aromatic carbocycles. The van der Waals surface area contributed by atoms with Gasteiger partial charge in [0.05, 0.1) is 16.3 Å². The lowest BCUT2D eigenvalue weighted by Gasteiger charge is -2.15. The van der Waals surface area contributed by atoms with Gasteiger partial charge in [0.15, 0.2) is 17.0 Å². The third-order valence-electron chi connectivity index (χ3n) is 5.33. The molecular weight excluding hydrogens is 453 g/mol. The maximum Gasteiger partial charge on any atom is 0.433 e. The average Bonchev–Trinajstić information content (AvgIpc) is 3.49. The normalized spacial score (nSPS) is 12.0. The highest BCUT2D eigenvalue weighted by Crippen LogP contribution is 2.34. The molecule has 11 heteroatoms. The minimum atomic E-state index is -4.66. The average molecular weight is 477 g/mol. The Balaban J connectivity index is 1.71. The number of rotatable bonds is 6. The molecule has 0 aliphatic carbocycles. The van der Waals surface area contributed by atoms with Gasteiger partial charge in [0, 0.05) is 42.8 Å². The summed E-state index contributed by atoms with van der Waals surface area (Å²) in [5.41, 5.74) is 0.744. The molecule has 0 bridgehead atoms. The van der Waals surface area contributed by atoms with Crippen LogP contribution in [0.25, 0.3) is 16.2 Å². The first kappa shape index (κ1) is 23.0. The van der Waals surface area contributed by atoms with Gasteiger partial charge in [-0.05, 0) is 38.5 Å². The van der Waals surface area contributed by atoms with E-state index in [1.54, 1.807) is 17.8 Å². The molecule has 1 amide bonds. The second-order valence-electron chi connectivity index (χ2n) is 7.70. The number of aromatic nitrogens is 5. The van der Waals surface area contributed by atoms with E-state index in [0.717, 1.165) is 28.6 Å². The van der Waals surface area contributed by atoms with E-state index in [9.17, 15) is 18.0 Å². The number of hydrogen-bond donors (Lipinski definition) is 0. The van der Waals surface area contributed by atoms with Gasteiger partial charge in [-0.2, -0.15) is 23.4 Å². The smallest absolute Gasteiger partial charge is 0.336 e. The van der Waals surface area contributed by atoms with E-state index in [0.29, 0.717) is 15.9 Å². The van der Waals surface area contributed by atoms with Gasteiger partial charge in [-0.1, -0.05) is 6.92 Å². The number of thiophene rings is 1. The molecule has 7 nitrogen and oxygen atoms in total. The Morgan fingerprint density at radius 1 is 1.18 bits per heavy atom. The van der Waals surface area contributed by atoms with E-state index < -0.39 is 17.8 Å². The van der Waals surface area contributed by atoms with Crippen molar-refractivity contribution in [1.29, 1.82) is 0 Å². The van der Waals surface area contributed by atoms with E-state index in [2.05, 4.69) is 15.2 Å². The van der Waals surface area contributed by atoms with E-state index in [1.165, 1.54) is 22.3 Å². The molecule has 33 heavy (non-hydrogen) atoms. The van der Waals surface area contributed by atoms with Crippen LogP contribution in [0.3, 0.4) is 0 Å². The summed E-state index contributed by atoms with van der Waals surface area (Å²) in [6.07, 6.45) is -2.03. The minimum absolute atomic E-state index is 0.0296. The standard InChI is InChI=1S/C22H23F3N6OS/c1-5-15-7-8-18(33-15)16-9-19(22(23,24)25)31-20(26-16)10-17(28-31)21(32)29(4)11-14-12-30(6-2)27-13(14)3/h7-10,12H,5-6,11H2,1-4H3. The molecule has 4 aromatic heterocycles. The van der Waals surface area contributed by atoms with E-state index in [-0.39, 0.29) is 23.6 Å². The zero-order valence-electron chi connectivity index (χ0n) is 18.6. The van der Waals surface area contributed by atoms with Gasteiger partial charge < -0.3 is 4.90 Å². The number of fused-ring (bicyclic) bond motifs is 1. The molecule has 4 aromatic rings. The molecule has 0 fully saturated rings. The van der Waals surface area contributed by atoms with Crippen LogP contribution in [0.5, 0.6) is 0 Å². The van der Waals surface area contributed by atoms with E-state index in [4.69, 9.17) is 0 Å². The zero-order valence-corrected chi connectivity index (χ0v) is 19.5. The number of amides is 1. The second kappa shape index (κ2) is 8.62. The Morgan fingerprint density at radius 2 is 1.94 bits per heavy atom. The highest BCUT2D eigenvalue weighted by molar-refractivity contribution is 7.15. The lowest BCUT2D eigenvalue weighted by atomic mass is 10.2. The lowest BCUT2D eigenvalue weighted by molar-refractivity contribution is -0.142. The van der Waals surface area contributed by atoms with Crippen LogP contribution in [-0.4, -0.2) is 42.2 Å². The molecular formula is C22H23F3N6OS. The molecule has 0 unspecified atom stereocenters. The molecule has 0 aliphatic heterocycles. The van der Waals surface area contributed by atoms with Gasteiger partial charge in [0.1, 0.15) is 0 Å². The number of hydrogen-bond acceptors (Lipinski definition) is 5. The van der Waals surface area contributed by atoms with Gasteiger partial charge in [-0.15, -0.1) is 11.3 Å². The van der Waals surface area contributed by atoms with Crippen molar-refractivity contribution in [2.75, 3.05) is 7.05 Å². The number of alkyl halides is 3. The van der Waals surface area contributed by atoms with Gasteiger partial charge in [0.25, 0.3) is 5.91 Å². The summed E-state index contributed by atoms with van der Waals surface area (Å²) in [5.74, 6) is -0.497. The Hall–Kier alpha value is -3.21. The fourth-order valence-corrected chi connectivity index (χ4v) is 4.42. The van der Waals surface area contributed by atoms with Crippen molar-refractivity contribution in [3.05, 3.63) is 58.0 Å². The first-order chi connectivity index (χ1) is 15.6. The molecule has 0 aliphatic rings. The summed E-state index contributed by atoms with van der Waals surface area (Å²) < 4.78 is 44.0. The van der Waals surface area contributed by atoms with Gasteiger partial charge in [0.2, 0.25) is 0 Å². The summed E-state index contributed by atoms with van der Waals surface area (Å²) >= 11 is 1.40. The fraction of sp³-hybridized carbons (Fsp3) is 0.364. The third-order valence-corrected chi connectivity index (χ3v) is 6.58. The van der Waals surface area contributed by atoms with Gasteiger partial charge in [-0.25, -0.2) is 9.50 Å². The summed E-state index contributed by atoms with van der Waals surface area (Å²) in [6, 6.07) is 5.92. The monoisotopic (exact) mass is 476 g/mol. The number of carbonyl (C=O) groups is 1. The van der Waals surface area contributed by atoms with Gasteiger partial charge in [-0.3, -0.25) is 9.48 Å². The SMILES string of the molecule is CCc1ccc(-c2cc(C(F)(F)F)n3nc(C(=O)N(C)Cc4cn(CC)nc4C)cc3n2)s1. The largest absolute Gasteiger partial charge is 0.433 e. The number of aryl methyl sites for hydroxylation is 3. The Morgan fingerprint density at radius 3 is 2.55 bits per heavy atom. The first-order valence-electron chi connectivity index (χ1n) is 10.5. The van der Waals surface area contributed by atoms with Crippen LogP contribution in [0, 0.1) is 6.92 Å². The number of carbonyl (C=O) groups excluding carboxylic acids is 1. The highest BCUT2D eigenvalue weighted by Gasteiger charge is 2.36. The van der Waals surface area contributed by atoms with Crippen LogP contribution < -0.4 is 0 Å². The van der Waals surface area contributed by atoms with Crippen LogP contribution in [-0.2, 0) is 25.7 Å². The van der Waals surface area contributed by atoms with Crippen molar-refractivity contribution in [2.45, 2.75) is 46.5 Å². The summed E-state index contributed by atoms with van der Waals surface area (Å²) in [5, 5.41) is 8.33. The van der Waals surface area contributed by atoms with Crippen molar-refractivity contribution < 1.29 is 18.0 Å². The number of nitrogens with zero attached hydrogens (tertiary/aromatic N) is 6. The van der Waals surface area contributed by atoms with Crippen LogP contribution in [0.4, 0.5) is 13.2 Å². The summed E-state index contributed by atoms with van der Waals surface area (Å²) in [7, 11) is 1.58. The molecule has 0 radical (unpaired) electrons. The van der Waals surface area contributed by atoms with Crippen LogP contribution in [0.1, 0.15) is 46.2 Å². The topological polar surface area (TPSA) is 68.3 Å².